The summed E-state index contributed by atoms with van der Waals surface area (Å²) >= 11 is 0. The van der Waals surface area contributed by atoms with Gasteiger partial charge in [0.05, 0.1) is 21.8 Å². The Kier molecular flexibility index (Phi) is 3.66. The monoisotopic (exact) mass is 313 g/mol. The minimum absolute atomic E-state index is 0.180. The van der Waals surface area contributed by atoms with Crippen molar-refractivity contribution in [2.45, 2.75) is 4.90 Å². The molecule has 7 heteroatoms. The van der Waals surface area contributed by atoms with E-state index in [4.69, 9.17) is 4.55 Å². The molecule has 110 valence electrons. The van der Waals surface area contributed by atoms with Gasteiger partial charge in [-0.25, -0.2) is 0 Å². The molecule has 0 bridgehead atoms. The molecule has 3 rings (SSSR count). The first kappa shape index (κ1) is 14.3. The molecule has 0 aliphatic carbocycles. The summed E-state index contributed by atoms with van der Waals surface area (Å²) in [4.78, 5) is 4.06. The van der Waals surface area contributed by atoms with Gasteiger partial charge in [0.25, 0.3) is 10.1 Å². The molecule has 0 aliphatic heterocycles. The highest BCUT2D eigenvalue weighted by Crippen LogP contribution is 2.26. The van der Waals surface area contributed by atoms with Crippen molar-refractivity contribution < 1.29 is 13.0 Å². The van der Waals surface area contributed by atoms with E-state index in [9.17, 15) is 8.42 Å². The Morgan fingerprint density at radius 1 is 0.909 bits per heavy atom. The first-order valence-corrected chi connectivity index (χ1v) is 7.81. The Morgan fingerprint density at radius 2 is 1.64 bits per heavy atom. The standard InChI is InChI=1S/C15H11N3O3S/c19-22(20,21)12-7-5-11(6-8-12)17-18-15-9-10-16-14-4-2-1-3-13(14)15/h1-10H,(H,19,20,21)/b18-17+. The highest BCUT2D eigenvalue weighted by Gasteiger charge is 2.08. The zero-order chi connectivity index (χ0) is 15.6. The van der Waals surface area contributed by atoms with Gasteiger partial charge in [-0.3, -0.25) is 9.54 Å². The van der Waals surface area contributed by atoms with E-state index in [-0.39, 0.29) is 4.90 Å². The van der Waals surface area contributed by atoms with Crippen LogP contribution in [0, 0.1) is 0 Å². The molecule has 0 saturated heterocycles. The molecule has 0 spiro atoms. The summed E-state index contributed by atoms with van der Waals surface area (Å²) in [6.45, 7) is 0. The maximum absolute atomic E-state index is 11.0. The topological polar surface area (TPSA) is 92.0 Å². The molecular formula is C15H11N3O3S. The van der Waals surface area contributed by atoms with Crippen molar-refractivity contribution in [2.24, 2.45) is 10.2 Å². The highest BCUT2D eigenvalue weighted by atomic mass is 32.2. The predicted octanol–water partition coefficient (Wildman–Crippen LogP) is 3.90. The number of azo groups is 1. The molecular weight excluding hydrogens is 302 g/mol. The number of pyridine rings is 1. The average Bonchev–Trinajstić information content (AvgIpc) is 2.52. The van der Waals surface area contributed by atoms with Gasteiger partial charge in [0.15, 0.2) is 0 Å². The van der Waals surface area contributed by atoms with Crippen LogP contribution in [-0.2, 0) is 10.1 Å². The van der Waals surface area contributed by atoms with Crippen molar-refractivity contribution in [3.8, 4) is 0 Å². The molecule has 0 amide bonds. The average molecular weight is 313 g/mol. The van der Waals surface area contributed by atoms with Crippen molar-refractivity contribution >= 4 is 32.4 Å². The second kappa shape index (κ2) is 5.63. The van der Waals surface area contributed by atoms with Crippen LogP contribution in [-0.4, -0.2) is 18.0 Å². The third-order valence-corrected chi connectivity index (χ3v) is 3.90. The maximum Gasteiger partial charge on any atom is 0.294 e. The Bertz CT molecular complexity index is 946. The Labute approximate surface area is 126 Å². The molecule has 0 atom stereocenters. The lowest BCUT2D eigenvalue weighted by atomic mass is 10.2. The lowest BCUT2D eigenvalue weighted by Gasteiger charge is -2.00. The number of para-hydroxylation sites is 1. The normalized spacial score (nSPS) is 12.0. The van der Waals surface area contributed by atoms with Crippen molar-refractivity contribution in [2.75, 3.05) is 0 Å². The number of fused-ring (bicyclic) bond motifs is 1. The van der Waals surface area contributed by atoms with E-state index in [1.165, 1.54) is 24.3 Å². The smallest absolute Gasteiger partial charge is 0.282 e. The van der Waals surface area contributed by atoms with Gasteiger partial charge >= 0.3 is 0 Å². The zero-order valence-corrected chi connectivity index (χ0v) is 12.1. The van der Waals surface area contributed by atoms with Crippen LogP contribution < -0.4 is 0 Å². The number of hydrogen-bond donors (Lipinski definition) is 1. The molecule has 1 N–H and O–H groups in total. The van der Waals surface area contributed by atoms with Crippen LogP contribution in [0.3, 0.4) is 0 Å². The quantitative estimate of drug-likeness (QED) is 0.586. The summed E-state index contributed by atoms with van der Waals surface area (Å²) in [6.07, 6.45) is 1.65. The Balaban J connectivity index is 1.93. The summed E-state index contributed by atoms with van der Waals surface area (Å²) in [6, 6.07) is 14.8. The van der Waals surface area contributed by atoms with Crippen LogP contribution in [0.25, 0.3) is 10.9 Å². The minimum Gasteiger partial charge on any atom is -0.282 e. The molecule has 3 aromatic rings. The molecule has 0 saturated carbocycles. The van der Waals surface area contributed by atoms with Gasteiger partial charge in [-0.2, -0.15) is 13.5 Å². The van der Waals surface area contributed by atoms with E-state index >= 15 is 0 Å². The first-order valence-electron chi connectivity index (χ1n) is 6.37. The molecule has 2 aromatic carbocycles. The van der Waals surface area contributed by atoms with Gasteiger partial charge in [0.2, 0.25) is 0 Å². The SMILES string of the molecule is O=S(=O)(O)c1ccc(/N=N/c2ccnc3ccccc23)cc1. The maximum atomic E-state index is 11.0. The summed E-state index contributed by atoms with van der Waals surface area (Å²) in [5.41, 5.74) is 1.97. The van der Waals surface area contributed by atoms with E-state index in [1.807, 2.05) is 24.3 Å². The predicted molar refractivity (Wildman–Crippen MR) is 82.2 cm³/mol. The molecule has 0 fully saturated rings. The number of rotatable bonds is 3. The second-order valence-corrected chi connectivity index (χ2v) is 5.94. The molecule has 0 aliphatic rings. The number of nitrogens with zero attached hydrogens (tertiary/aromatic N) is 3. The van der Waals surface area contributed by atoms with Crippen molar-refractivity contribution in [1.29, 1.82) is 0 Å². The molecule has 1 aromatic heterocycles. The minimum atomic E-state index is -4.20. The molecule has 0 radical (unpaired) electrons. The largest absolute Gasteiger partial charge is 0.294 e. The molecule has 0 unspecified atom stereocenters. The summed E-state index contributed by atoms with van der Waals surface area (Å²) in [5.74, 6) is 0. The van der Waals surface area contributed by atoms with Crippen molar-refractivity contribution in [3.63, 3.8) is 0 Å². The van der Waals surface area contributed by atoms with Gasteiger partial charge in [0.1, 0.15) is 0 Å². The van der Waals surface area contributed by atoms with Gasteiger partial charge in [-0.15, -0.1) is 5.11 Å². The fourth-order valence-corrected chi connectivity index (χ4v) is 2.44. The van der Waals surface area contributed by atoms with E-state index < -0.39 is 10.1 Å². The first-order chi connectivity index (χ1) is 10.5. The second-order valence-electron chi connectivity index (χ2n) is 4.52. The number of benzene rings is 2. The van der Waals surface area contributed by atoms with Crippen LogP contribution in [0.5, 0.6) is 0 Å². The lowest BCUT2D eigenvalue weighted by Crippen LogP contribution is -1.96. The Morgan fingerprint density at radius 3 is 2.36 bits per heavy atom. The van der Waals surface area contributed by atoms with Crippen molar-refractivity contribution in [1.82, 2.24) is 4.98 Å². The summed E-state index contributed by atoms with van der Waals surface area (Å²) < 4.78 is 30.8. The fraction of sp³-hybridized carbons (Fsp3) is 0. The van der Waals surface area contributed by atoms with Gasteiger partial charge < -0.3 is 0 Å². The summed E-state index contributed by atoms with van der Waals surface area (Å²) in [7, 11) is -4.20. The molecule has 1 heterocycles. The van der Waals surface area contributed by atoms with Crippen LogP contribution in [0.1, 0.15) is 0 Å². The highest BCUT2D eigenvalue weighted by molar-refractivity contribution is 7.85. The van der Waals surface area contributed by atoms with Crippen LogP contribution >= 0.6 is 0 Å². The Hall–Kier alpha value is -2.64. The third kappa shape index (κ3) is 3.00. The van der Waals surface area contributed by atoms with E-state index in [0.717, 1.165) is 10.9 Å². The van der Waals surface area contributed by atoms with Gasteiger partial charge in [-0.05, 0) is 36.4 Å². The van der Waals surface area contributed by atoms with Gasteiger partial charge in [0, 0.05) is 11.6 Å². The molecule has 22 heavy (non-hydrogen) atoms. The van der Waals surface area contributed by atoms with E-state index in [2.05, 4.69) is 15.2 Å². The zero-order valence-electron chi connectivity index (χ0n) is 11.3. The number of aromatic nitrogens is 1. The van der Waals surface area contributed by atoms with Gasteiger partial charge in [-0.1, -0.05) is 18.2 Å². The van der Waals surface area contributed by atoms with Crippen LogP contribution in [0.2, 0.25) is 0 Å². The molecule has 6 nitrogen and oxygen atoms in total. The van der Waals surface area contributed by atoms with E-state index in [1.54, 1.807) is 12.3 Å². The summed E-state index contributed by atoms with van der Waals surface area (Å²) in [5, 5.41) is 9.12. The van der Waals surface area contributed by atoms with Crippen LogP contribution in [0.15, 0.2) is 75.9 Å². The third-order valence-electron chi connectivity index (χ3n) is 3.03. The van der Waals surface area contributed by atoms with Crippen LogP contribution in [0.4, 0.5) is 11.4 Å². The number of hydrogen-bond acceptors (Lipinski definition) is 5. The lowest BCUT2D eigenvalue weighted by molar-refractivity contribution is 0.483. The fourth-order valence-electron chi connectivity index (χ4n) is 1.96. The van der Waals surface area contributed by atoms with Crippen molar-refractivity contribution in [3.05, 3.63) is 60.8 Å². The van der Waals surface area contributed by atoms with E-state index in [0.29, 0.717) is 11.4 Å².